The van der Waals surface area contributed by atoms with Gasteiger partial charge in [-0.2, -0.15) is 0 Å². The van der Waals surface area contributed by atoms with Crippen LogP contribution in [0, 0.1) is 5.41 Å². The van der Waals surface area contributed by atoms with Crippen molar-refractivity contribution in [2.45, 2.75) is 39.8 Å². The number of amides is 1. The molecule has 27 heavy (non-hydrogen) atoms. The second-order valence-corrected chi connectivity index (χ2v) is 6.63. The third-order valence-corrected chi connectivity index (χ3v) is 5.14. The predicted molar refractivity (Wildman–Crippen MR) is 108 cm³/mol. The van der Waals surface area contributed by atoms with Gasteiger partial charge in [-0.25, -0.2) is 0 Å². The largest absolute Gasteiger partial charge is 0.493 e. The van der Waals surface area contributed by atoms with E-state index in [1.165, 1.54) is 0 Å². The molecule has 0 spiro atoms. The summed E-state index contributed by atoms with van der Waals surface area (Å²) in [5.74, 6) is 1.32. The molecule has 5 heteroatoms. The Kier molecular flexibility index (Phi) is 7.67. The van der Waals surface area contributed by atoms with Gasteiger partial charge in [-0.3, -0.25) is 4.79 Å². The van der Waals surface area contributed by atoms with E-state index in [2.05, 4.69) is 5.32 Å². The predicted octanol–water partition coefficient (Wildman–Crippen LogP) is 3.66. The third-order valence-electron chi connectivity index (χ3n) is 5.14. The first-order valence-electron chi connectivity index (χ1n) is 9.40. The highest BCUT2D eigenvalue weighted by atomic mass is 16.5. The van der Waals surface area contributed by atoms with Crippen molar-refractivity contribution in [3.8, 4) is 11.5 Å². The maximum absolute atomic E-state index is 12.6. The van der Waals surface area contributed by atoms with Gasteiger partial charge in [0.15, 0.2) is 11.5 Å². The summed E-state index contributed by atoms with van der Waals surface area (Å²) in [7, 11) is 1.61. The van der Waals surface area contributed by atoms with Crippen LogP contribution in [0.25, 0.3) is 0 Å². The molecule has 146 valence electrons. The first kappa shape index (κ1) is 20.8. The van der Waals surface area contributed by atoms with Crippen molar-refractivity contribution in [3.63, 3.8) is 0 Å². The summed E-state index contributed by atoms with van der Waals surface area (Å²) < 4.78 is 11.3. The number of carbonyl (C=O) groups excluding carboxylic acids is 1. The first-order valence-corrected chi connectivity index (χ1v) is 9.40. The van der Waals surface area contributed by atoms with Gasteiger partial charge in [0.25, 0.3) is 0 Å². The molecule has 0 saturated heterocycles. The number of nitrogens with two attached hydrogens (primary N) is 1. The fraction of sp³-hybridized carbons (Fsp3) is 0.409. The Morgan fingerprint density at radius 3 is 2.33 bits per heavy atom. The highest BCUT2D eigenvalue weighted by Crippen LogP contribution is 2.29. The SMILES string of the molecule is CCC(CC)(CN)C(=O)NCc1ccc(OCc2ccccc2)c(OC)c1. The van der Waals surface area contributed by atoms with Crippen LogP contribution in [0.1, 0.15) is 37.8 Å². The van der Waals surface area contributed by atoms with Crippen LogP contribution in [0.2, 0.25) is 0 Å². The Morgan fingerprint density at radius 1 is 1.04 bits per heavy atom. The number of hydrogen-bond acceptors (Lipinski definition) is 4. The zero-order chi connectivity index (χ0) is 19.7. The smallest absolute Gasteiger partial charge is 0.227 e. The van der Waals surface area contributed by atoms with Crippen LogP contribution in [0.3, 0.4) is 0 Å². The molecule has 0 saturated carbocycles. The van der Waals surface area contributed by atoms with Gasteiger partial charge in [-0.05, 0) is 36.1 Å². The maximum Gasteiger partial charge on any atom is 0.227 e. The molecule has 1 amide bonds. The molecule has 0 radical (unpaired) electrons. The molecule has 0 aromatic heterocycles. The molecule has 0 aliphatic carbocycles. The average Bonchev–Trinajstić information content (AvgIpc) is 2.73. The van der Waals surface area contributed by atoms with Gasteiger partial charge in [-0.1, -0.05) is 50.2 Å². The van der Waals surface area contributed by atoms with Gasteiger partial charge in [-0.15, -0.1) is 0 Å². The van der Waals surface area contributed by atoms with E-state index < -0.39 is 5.41 Å². The van der Waals surface area contributed by atoms with E-state index in [9.17, 15) is 4.79 Å². The molecular formula is C22H30N2O3. The van der Waals surface area contributed by atoms with E-state index in [4.69, 9.17) is 15.2 Å². The standard InChI is InChI=1S/C22H30N2O3/c1-4-22(5-2,16-23)21(25)24-14-18-11-12-19(20(13-18)26-3)27-15-17-9-7-6-8-10-17/h6-13H,4-5,14-16,23H2,1-3H3,(H,24,25). The van der Waals surface area contributed by atoms with Gasteiger partial charge >= 0.3 is 0 Å². The lowest BCUT2D eigenvalue weighted by Crippen LogP contribution is -2.45. The monoisotopic (exact) mass is 370 g/mol. The second-order valence-electron chi connectivity index (χ2n) is 6.63. The molecule has 5 nitrogen and oxygen atoms in total. The van der Waals surface area contributed by atoms with Crippen LogP contribution in [-0.2, 0) is 17.9 Å². The fourth-order valence-electron chi connectivity index (χ4n) is 3.00. The van der Waals surface area contributed by atoms with Crippen molar-refractivity contribution in [1.29, 1.82) is 0 Å². The van der Waals surface area contributed by atoms with E-state index >= 15 is 0 Å². The molecule has 2 aromatic rings. The summed E-state index contributed by atoms with van der Waals surface area (Å²) in [6, 6.07) is 15.7. The molecule has 0 fully saturated rings. The molecule has 2 rings (SSSR count). The summed E-state index contributed by atoms with van der Waals surface area (Å²) in [5, 5.41) is 3.01. The minimum atomic E-state index is -0.497. The number of methoxy groups -OCH3 is 1. The molecular weight excluding hydrogens is 340 g/mol. The van der Waals surface area contributed by atoms with E-state index in [-0.39, 0.29) is 5.91 Å². The van der Waals surface area contributed by atoms with Crippen molar-refractivity contribution in [2.24, 2.45) is 11.1 Å². The highest BCUT2D eigenvalue weighted by Gasteiger charge is 2.32. The first-order chi connectivity index (χ1) is 13.1. The lowest BCUT2D eigenvalue weighted by molar-refractivity contribution is -0.131. The molecule has 0 aliphatic rings. The minimum Gasteiger partial charge on any atom is -0.493 e. The Hall–Kier alpha value is -2.53. The van der Waals surface area contributed by atoms with Gasteiger partial charge in [0.1, 0.15) is 6.61 Å². The van der Waals surface area contributed by atoms with Gasteiger partial charge < -0.3 is 20.5 Å². The van der Waals surface area contributed by atoms with Crippen LogP contribution < -0.4 is 20.5 Å². The van der Waals surface area contributed by atoms with E-state index in [1.54, 1.807) is 7.11 Å². The van der Waals surface area contributed by atoms with Crippen LogP contribution in [0.15, 0.2) is 48.5 Å². The number of benzene rings is 2. The van der Waals surface area contributed by atoms with Crippen molar-refractivity contribution in [2.75, 3.05) is 13.7 Å². The van der Waals surface area contributed by atoms with Crippen LogP contribution >= 0.6 is 0 Å². The quantitative estimate of drug-likeness (QED) is 0.669. The molecule has 2 aromatic carbocycles. The number of hydrogen-bond donors (Lipinski definition) is 2. The number of nitrogens with one attached hydrogen (secondary N) is 1. The number of ether oxygens (including phenoxy) is 2. The number of rotatable bonds is 10. The topological polar surface area (TPSA) is 73.6 Å². The van der Waals surface area contributed by atoms with Crippen LogP contribution in [0.5, 0.6) is 11.5 Å². The van der Waals surface area contributed by atoms with Crippen LogP contribution in [-0.4, -0.2) is 19.6 Å². The molecule has 0 aliphatic heterocycles. The Morgan fingerprint density at radius 2 is 1.74 bits per heavy atom. The molecule has 0 atom stereocenters. The van der Waals surface area contributed by atoms with Crippen molar-refractivity contribution in [3.05, 3.63) is 59.7 Å². The Balaban J connectivity index is 2.01. The van der Waals surface area contributed by atoms with Gasteiger partial charge in [0.05, 0.1) is 12.5 Å². The van der Waals surface area contributed by atoms with Crippen molar-refractivity contribution < 1.29 is 14.3 Å². The third kappa shape index (κ3) is 5.23. The minimum absolute atomic E-state index is 0.00151. The summed E-state index contributed by atoms with van der Waals surface area (Å²) in [4.78, 5) is 12.6. The highest BCUT2D eigenvalue weighted by molar-refractivity contribution is 5.82. The summed E-state index contributed by atoms with van der Waals surface area (Å²) in [6.45, 7) is 5.24. The zero-order valence-corrected chi connectivity index (χ0v) is 16.5. The Bertz CT molecular complexity index is 719. The average molecular weight is 370 g/mol. The van der Waals surface area contributed by atoms with E-state index in [1.807, 2.05) is 62.4 Å². The zero-order valence-electron chi connectivity index (χ0n) is 16.5. The van der Waals surface area contributed by atoms with E-state index in [0.29, 0.717) is 31.2 Å². The van der Waals surface area contributed by atoms with Gasteiger partial charge in [0.2, 0.25) is 5.91 Å². The lowest BCUT2D eigenvalue weighted by atomic mass is 9.81. The van der Waals surface area contributed by atoms with Crippen molar-refractivity contribution in [1.82, 2.24) is 5.32 Å². The fourth-order valence-corrected chi connectivity index (χ4v) is 3.00. The molecule has 0 heterocycles. The maximum atomic E-state index is 12.6. The summed E-state index contributed by atoms with van der Waals surface area (Å²) >= 11 is 0. The normalized spacial score (nSPS) is 11.1. The van der Waals surface area contributed by atoms with E-state index in [0.717, 1.165) is 24.0 Å². The molecule has 0 bridgehead atoms. The van der Waals surface area contributed by atoms with Crippen LogP contribution in [0.4, 0.5) is 0 Å². The Labute approximate surface area is 161 Å². The molecule has 0 unspecified atom stereocenters. The number of carbonyl (C=O) groups is 1. The summed E-state index contributed by atoms with van der Waals surface area (Å²) in [5.41, 5.74) is 7.39. The lowest BCUT2D eigenvalue weighted by Gasteiger charge is -2.28. The van der Waals surface area contributed by atoms with Crippen molar-refractivity contribution >= 4 is 5.91 Å². The van der Waals surface area contributed by atoms with Gasteiger partial charge in [0, 0.05) is 13.1 Å². The summed E-state index contributed by atoms with van der Waals surface area (Å²) in [6.07, 6.45) is 1.45. The second kappa shape index (κ2) is 9.97. The molecule has 3 N–H and O–H groups in total.